The molecule has 152 valence electrons. The standard InChI is InChI=1S/C21H26F2N2O3/c1-13(2)9-18(21(24)26)25-11-14-7-8-19(20(10-14)27-3)28-12-15-16(22)5-4-6-17(15)23/h4-8,10,13,18,25H,9,11-12H2,1-3H3,(H2,24,26)/t18-/m0/s1. The minimum absolute atomic E-state index is 0.145. The van der Waals surface area contributed by atoms with Gasteiger partial charge in [0, 0.05) is 6.54 Å². The Kier molecular flexibility index (Phi) is 7.75. The molecule has 7 heteroatoms. The highest BCUT2D eigenvalue weighted by Gasteiger charge is 2.17. The molecule has 0 saturated carbocycles. The highest BCUT2D eigenvalue weighted by atomic mass is 19.1. The Balaban J connectivity index is 2.06. The van der Waals surface area contributed by atoms with E-state index in [0.717, 1.165) is 5.56 Å². The van der Waals surface area contributed by atoms with Crippen LogP contribution < -0.4 is 20.5 Å². The fourth-order valence-corrected chi connectivity index (χ4v) is 2.77. The smallest absolute Gasteiger partial charge is 0.234 e. The van der Waals surface area contributed by atoms with Gasteiger partial charge in [0.15, 0.2) is 11.5 Å². The Bertz CT molecular complexity index is 792. The van der Waals surface area contributed by atoms with Crippen LogP contribution in [0.1, 0.15) is 31.4 Å². The van der Waals surface area contributed by atoms with Crippen LogP contribution in [0, 0.1) is 17.6 Å². The van der Waals surface area contributed by atoms with E-state index in [-0.39, 0.29) is 12.2 Å². The average molecular weight is 392 g/mol. The number of nitrogens with one attached hydrogen (secondary N) is 1. The van der Waals surface area contributed by atoms with E-state index >= 15 is 0 Å². The SMILES string of the molecule is COc1cc(CN[C@@H](CC(C)C)C(N)=O)ccc1OCc1c(F)cccc1F. The maximum absolute atomic E-state index is 13.7. The fourth-order valence-electron chi connectivity index (χ4n) is 2.77. The molecule has 2 aromatic rings. The summed E-state index contributed by atoms with van der Waals surface area (Å²) in [4.78, 5) is 11.6. The van der Waals surface area contributed by atoms with Crippen LogP contribution in [0.15, 0.2) is 36.4 Å². The van der Waals surface area contributed by atoms with Gasteiger partial charge in [0.05, 0.1) is 18.7 Å². The highest BCUT2D eigenvalue weighted by molar-refractivity contribution is 5.79. The molecule has 0 aliphatic heterocycles. The van der Waals surface area contributed by atoms with E-state index in [1.807, 2.05) is 13.8 Å². The number of nitrogens with two attached hydrogens (primary N) is 1. The van der Waals surface area contributed by atoms with E-state index in [4.69, 9.17) is 15.2 Å². The third-order valence-electron chi connectivity index (χ3n) is 4.26. The third kappa shape index (κ3) is 5.92. The number of benzene rings is 2. The molecule has 0 saturated heterocycles. The molecular weight excluding hydrogens is 366 g/mol. The molecule has 1 amide bonds. The van der Waals surface area contributed by atoms with Gasteiger partial charge in [-0.1, -0.05) is 26.0 Å². The summed E-state index contributed by atoms with van der Waals surface area (Å²) in [5, 5.41) is 3.14. The largest absolute Gasteiger partial charge is 0.493 e. The third-order valence-corrected chi connectivity index (χ3v) is 4.26. The molecule has 0 unspecified atom stereocenters. The van der Waals surface area contributed by atoms with Crippen LogP contribution in [0.3, 0.4) is 0 Å². The number of rotatable bonds is 10. The zero-order valence-electron chi connectivity index (χ0n) is 16.3. The first-order chi connectivity index (χ1) is 13.3. The maximum atomic E-state index is 13.7. The van der Waals surface area contributed by atoms with Gasteiger partial charge in [-0.15, -0.1) is 0 Å². The van der Waals surface area contributed by atoms with Crippen molar-refractivity contribution in [3.63, 3.8) is 0 Å². The van der Waals surface area contributed by atoms with E-state index < -0.39 is 23.6 Å². The summed E-state index contributed by atoms with van der Waals surface area (Å²) in [7, 11) is 1.48. The van der Waals surface area contributed by atoms with Gasteiger partial charge in [-0.25, -0.2) is 8.78 Å². The second-order valence-electron chi connectivity index (χ2n) is 6.94. The van der Waals surface area contributed by atoms with Crippen LogP contribution in [0.4, 0.5) is 8.78 Å². The van der Waals surface area contributed by atoms with Gasteiger partial charge < -0.3 is 20.5 Å². The molecule has 0 aliphatic carbocycles. The van der Waals surface area contributed by atoms with Crippen molar-refractivity contribution in [1.82, 2.24) is 5.32 Å². The number of halogens is 2. The number of primary amides is 1. The lowest BCUT2D eigenvalue weighted by molar-refractivity contribution is -0.120. The second-order valence-corrected chi connectivity index (χ2v) is 6.94. The molecule has 0 fully saturated rings. The first-order valence-corrected chi connectivity index (χ1v) is 9.07. The van der Waals surface area contributed by atoms with E-state index in [1.54, 1.807) is 18.2 Å². The Morgan fingerprint density at radius 2 is 1.82 bits per heavy atom. The quantitative estimate of drug-likeness (QED) is 0.649. The molecular formula is C21H26F2N2O3. The van der Waals surface area contributed by atoms with Gasteiger partial charge in [0.25, 0.3) is 0 Å². The molecule has 28 heavy (non-hydrogen) atoms. The summed E-state index contributed by atoms with van der Waals surface area (Å²) < 4.78 is 38.3. The van der Waals surface area contributed by atoms with Crippen LogP contribution in [0.5, 0.6) is 11.5 Å². The number of amides is 1. The van der Waals surface area contributed by atoms with Crippen LogP contribution in [0.25, 0.3) is 0 Å². The minimum atomic E-state index is -0.664. The maximum Gasteiger partial charge on any atom is 0.234 e. The molecule has 5 nitrogen and oxygen atoms in total. The summed E-state index contributed by atoms with van der Waals surface area (Å²) in [6, 6.07) is 8.43. The van der Waals surface area contributed by atoms with E-state index in [0.29, 0.717) is 30.4 Å². The van der Waals surface area contributed by atoms with Gasteiger partial charge in [-0.05, 0) is 42.2 Å². The Hall–Kier alpha value is -2.67. The fraction of sp³-hybridized carbons (Fsp3) is 0.381. The lowest BCUT2D eigenvalue weighted by Gasteiger charge is -2.18. The second kappa shape index (κ2) is 10.0. The molecule has 0 bridgehead atoms. The van der Waals surface area contributed by atoms with Crippen molar-refractivity contribution < 1.29 is 23.0 Å². The average Bonchev–Trinajstić information content (AvgIpc) is 2.64. The molecule has 0 aromatic heterocycles. The summed E-state index contributed by atoms with van der Waals surface area (Å²) in [5.41, 5.74) is 6.15. The van der Waals surface area contributed by atoms with E-state index in [9.17, 15) is 13.6 Å². The Morgan fingerprint density at radius 3 is 2.39 bits per heavy atom. The normalized spacial score (nSPS) is 12.1. The van der Waals surface area contributed by atoms with Crippen molar-refractivity contribution in [2.45, 2.75) is 39.5 Å². The summed E-state index contributed by atoms with van der Waals surface area (Å²) in [6.45, 7) is 4.19. The molecule has 0 heterocycles. The molecule has 0 radical (unpaired) electrons. The van der Waals surface area contributed by atoms with Gasteiger partial charge in [0.1, 0.15) is 18.2 Å². The van der Waals surface area contributed by atoms with Crippen molar-refractivity contribution in [3.8, 4) is 11.5 Å². The van der Waals surface area contributed by atoms with Crippen LogP contribution in [-0.2, 0) is 17.9 Å². The van der Waals surface area contributed by atoms with Crippen molar-refractivity contribution in [2.75, 3.05) is 7.11 Å². The lowest BCUT2D eigenvalue weighted by Crippen LogP contribution is -2.41. The number of methoxy groups -OCH3 is 1. The number of hydrogen-bond acceptors (Lipinski definition) is 4. The molecule has 0 spiro atoms. The number of carbonyl (C=O) groups excluding carboxylic acids is 1. The molecule has 2 aromatic carbocycles. The van der Waals surface area contributed by atoms with Crippen LogP contribution >= 0.6 is 0 Å². The summed E-state index contributed by atoms with van der Waals surface area (Å²) >= 11 is 0. The van der Waals surface area contributed by atoms with Crippen LogP contribution in [0.2, 0.25) is 0 Å². The van der Waals surface area contributed by atoms with Crippen LogP contribution in [-0.4, -0.2) is 19.1 Å². The predicted octanol–water partition coefficient (Wildman–Crippen LogP) is 3.54. The van der Waals surface area contributed by atoms with Crippen molar-refractivity contribution >= 4 is 5.91 Å². The predicted molar refractivity (Wildman–Crippen MR) is 103 cm³/mol. The number of ether oxygens (including phenoxy) is 2. The topological polar surface area (TPSA) is 73.6 Å². The molecule has 1 atom stereocenters. The van der Waals surface area contributed by atoms with Gasteiger partial charge >= 0.3 is 0 Å². The van der Waals surface area contributed by atoms with E-state index in [2.05, 4.69) is 5.32 Å². The van der Waals surface area contributed by atoms with Crippen molar-refractivity contribution in [3.05, 3.63) is 59.2 Å². The molecule has 0 aliphatic rings. The molecule has 2 rings (SSSR count). The highest BCUT2D eigenvalue weighted by Crippen LogP contribution is 2.29. The van der Waals surface area contributed by atoms with Crippen molar-refractivity contribution in [1.29, 1.82) is 0 Å². The van der Waals surface area contributed by atoms with Gasteiger partial charge in [-0.3, -0.25) is 4.79 Å². The van der Waals surface area contributed by atoms with Crippen molar-refractivity contribution in [2.24, 2.45) is 11.7 Å². The first-order valence-electron chi connectivity index (χ1n) is 9.07. The minimum Gasteiger partial charge on any atom is -0.493 e. The first kappa shape index (κ1) is 21.6. The summed E-state index contributed by atoms with van der Waals surface area (Å²) in [5.74, 6) is -0.607. The van der Waals surface area contributed by atoms with E-state index in [1.165, 1.54) is 25.3 Å². The Labute approximate surface area is 163 Å². The monoisotopic (exact) mass is 392 g/mol. The van der Waals surface area contributed by atoms with Gasteiger partial charge in [-0.2, -0.15) is 0 Å². The number of hydrogen-bond donors (Lipinski definition) is 2. The zero-order chi connectivity index (χ0) is 20.7. The summed E-state index contributed by atoms with van der Waals surface area (Å²) in [6.07, 6.45) is 0.641. The Morgan fingerprint density at radius 1 is 1.14 bits per heavy atom. The molecule has 3 N–H and O–H groups in total. The lowest BCUT2D eigenvalue weighted by atomic mass is 10.0. The van der Waals surface area contributed by atoms with Gasteiger partial charge in [0.2, 0.25) is 5.91 Å². The zero-order valence-corrected chi connectivity index (χ0v) is 16.3. The number of carbonyl (C=O) groups is 1.